The molecule has 28 heavy (non-hydrogen) atoms. The van der Waals surface area contributed by atoms with E-state index in [0.717, 1.165) is 36.9 Å². The van der Waals surface area contributed by atoms with E-state index in [1.54, 1.807) is 11.9 Å². The highest BCUT2D eigenvalue weighted by molar-refractivity contribution is 5.87. The van der Waals surface area contributed by atoms with E-state index >= 15 is 0 Å². The van der Waals surface area contributed by atoms with E-state index in [1.807, 2.05) is 60.7 Å². The largest absolute Gasteiger partial charge is 0.459 e. The Morgan fingerprint density at radius 2 is 1.68 bits per heavy atom. The van der Waals surface area contributed by atoms with E-state index in [4.69, 9.17) is 4.74 Å². The summed E-state index contributed by atoms with van der Waals surface area (Å²) < 4.78 is 5.57. The highest BCUT2D eigenvalue weighted by atomic mass is 16.5. The van der Waals surface area contributed by atoms with Crippen LogP contribution in [0.3, 0.4) is 0 Å². The van der Waals surface area contributed by atoms with Crippen LogP contribution in [0.15, 0.2) is 60.7 Å². The SMILES string of the molecule is CN(C(=O)[C@@H]1CCCCN1)[C@H](Cc1ccccc1)C(=O)OCc1ccccc1. The second kappa shape index (κ2) is 10.0. The van der Waals surface area contributed by atoms with Crippen LogP contribution in [0.25, 0.3) is 0 Å². The number of rotatable bonds is 7. The van der Waals surface area contributed by atoms with Crippen LogP contribution in [-0.2, 0) is 27.4 Å². The molecule has 0 bridgehead atoms. The summed E-state index contributed by atoms with van der Waals surface area (Å²) in [6.07, 6.45) is 3.35. The van der Waals surface area contributed by atoms with Gasteiger partial charge in [-0.1, -0.05) is 67.1 Å². The first-order chi connectivity index (χ1) is 13.6. The van der Waals surface area contributed by atoms with Crippen molar-refractivity contribution in [3.63, 3.8) is 0 Å². The van der Waals surface area contributed by atoms with E-state index in [2.05, 4.69) is 5.32 Å². The molecule has 0 unspecified atom stereocenters. The fourth-order valence-electron chi connectivity index (χ4n) is 3.50. The topological polar surface area (TPSA) is 58.6 Å². The number of nitrogens with zero attached hydrogens (tertiary/aromatic N) is 1. The van der Waals surface area contributed by atoms with Crippen LogP contribution < -0.4 is 5.32 Å². The summed E-state index contributed by atoms with van der Waals surface area (Å²) >= 11 is 0. The number of amides is 1. The van der Waals surface area contributed by atoms with Gasteiger partial charge in [0, 0.05) is 13.5 Å². The molecule has 148 valence electrons. The molecule has 2 aromatic rings. The lowest BCUT2D eigenvalue weighted by atomic mass is 10.0. The van der Waals surface area contributed by atoms with Crippen LogP contribution >= 0.6 is 0 Å². The maximum absolute atomic E-state index is 13.0. The van der Waals surface area contributed by atoms with Crippen LogP contribution in [0.4, 0.5) is 0 Å². The standard InChI is InChI=1S/C23H28N2O3/c1-25(22(26)20-14-8-9-15-24-20)21(16-18-10-4-2-5-11-18)23(27)28-17-19-12-6-3-7-13-19/h2-7,10-13,20-21,24H,8-9,14-17H2,1H3/t20-,21+/m0/s1. The van der Waals surface area contributed by atoms with Crippen molar-refractivity contribution < 1.29 is 14.3 Å². The minimum atomic E-state index is -0.651. The quantitative estimate of drug-likeness (QED) is 0.751. The molecule has 5 heteroatoms. The molecule has 2 aromatic carbocycles. The van der Waals surface area contributed by atoms with Gasteiger partial charge >= 0.3 is 5.97 Å². The Hall–Kier alpha value is -2.66. The smallest absolute Gasteiger partial charge is 0.329 e. The number of carbonyl (C=O) groups is 2. The average molecular weight is 380 g/mol. The number of likely N-dealkylation sites (N-methyl/N-ethyl adjacent to an activating group) is 1. The highest BCUT2D eigenvalue weighted by Crippen LogP contribution is 2.15. The highest BCUT2D eigenvalue weighted by Gasteiger charge is 2.32. The predicted molar refractivity (Wildman–Crippen MR) is 109 cm³/mol. The molecule has 1 aliphatic rings. The molecule has 1 heterocycles. The maximum atomic E-state index is 13.0. The van der Waals surface area contributed by atoms with Crippen molar-refractivity contribution in [2.45, 2.75) is 44.4 Å². The molecule has 1 fully saturated rings. The molecule has 1 amide bonds. The van der Waals surface area contributed by atoms with Crippen molar-refractivity contribution >= 4 is 11.9 Å². The molecule has 0 saturated carbocycles. The number of hydrogen-bond donors (Lipinski definition) is 1. The van der Waals surface area contributed by atoms with Gasteiger partial charge in [-0.15, -0.1) is 0 Å². The van der Waals surface area contributed by atoms with Crippen molar-refractivity contribution in [2.75, 3.05) is 13.6 Å². The van der Waals surface area contributed by atoms with Gasteiger partial charge in [-0.2, -0.15) is 0 Å². The van der Waals surface area contributed by atoms with Gasteiger partial charge in [0.2, 0.25) is 5.91 Å². The molecule has 1 saturated heterocycles. The van der Waals surface area contributed by atoms with Crippen LogP contribution in [0.2, 0.25) is 0 Å². The van der Waals surface area contributed by atoms with E-state index in [-0.39, 0.29) is 24.5 Å². The van der Waals surface area contributed by atoms with Gasteiger partial charge in [-0.3, -0.25) is 4.79 Å². The van der Waals surface area contributed by atoms with Gasteiger partial charge in [-0.05, 0) is 30.5 Å². The molecule has 5 nitrogen and oxygen atoms in total. The third kappa shape index (κ3) is 5.42. The first-order valence-corrected chi connectivity index (χ1v) is 9.89. The summed E-state index contributed by atoms with van der Waals surface area (Å²) in [4.78, 5) is 27.4. The number of benzene rings is 2. The minimum Gasteiger partial charge on any atom is -0.459 e. The Kier molecular flexibility index (Phi) is 7.20. The van der Waals surface area contributed by atoms with E-state index in [0.29, 0.717) is 6.42 Å². The molecule has 1 aliphatic heterocycles. The van der Waals surface area contributed by atoms with Gasteiger partial charge in [0.1, 0.15) is 12.6 Å². The first kappa shape index (κ1) is 20.1. The number of carbonyl (C=O) groups excluding carboxylic acids is 2. The Labute approximate surface area is 166 Å². The summed E-state index contributed by atoms with van der Waals surface area (Å²) in [6, 6.07) is 18.5. The van der Waals surface area contributed by atoms with Crippen molar-refractivity contribution in [3.8, 4) is 0 Å². The summed E-state index contributed by atoms with van der Waals surface area (Å²) in [5, 5.41) is 3.27. The summed E-state index contributed by atoms with van der Waals surface area (Å²) in [5.41, 5.74) is 1.93. The van der Waals surface area contributed by atoms with Crippen LogP contribution in [-0.4, -0.2) is 42.5 Å². The fraction of sp³-hybridized carbons (Fsp3) is 0.391. The number of piperidine rings is 1. The third-order valence-corrected chi connectivity index (χ3v) is 5.19. The van der Waals surface area contributed by atoms with Gasteiger partial charge in [0.25, 0.3) is 0 Å². The Bertz CT molecular complexity index is 758. The molecule has 0 radical (unpaired) electrons. The van der Waals surface area contributed by atoms with Crippen molar-refractivity contribution in [1.82, 2.24) is 10.2 Å². The number of ether oxygens (including phenoxy) is 1. The second-order valence-electron chi connectivity index (χ2n) is 7.25. The van der Waals surface area contributed by atoms with Gasteiger partial charge < -0.3 is 15.0 Å². The first-order valence-electron chi connectivity index (χ1n) is 9.89. The molecular formula is C23H28N2O3. The lowest BCUT2D eigenvalue weighted by molar-refractivity contribution is -0.156. The minimum absolute atomic E-state index is 0.0442. The number of hydrogen-bond acceptors (Lipinski definition) is 4. The summed E-state index contributed by atoms with van der Waals surface area (Å²) in [6.45, 7) is 1.04. The number of esters is 1. The molecule has 0 spiro atoms. The molecule has 3 rings (SSSR count). The lowest BCUT2D eigenvalue weighted by Crippen LogP contribution is -2.53. The molecule has 1 N–H and O–H groups in total. The number of nitrogens with one attached hydrogen (secondary N) is 1. The maximum Gasteiger partial charge on any atom is 0.329 e. The Morgan fingerprint density at radius 3 is 2.29 bits per heavy atom. The monoisotopic (exact) mass is 380 g/mol. The third-order valence-electron chi connectivity index (χ3n) is 5.19. The Morgan fingerprint density at radius 1 is 1.04 bits per heavy atom. The fourth-order valence-corrected chi connectivity index (χ4v) is 3.50. The van der Waals surface area contributed by atoms with Crippen LogP contribution in [0.5, 0.6) is 0 Å². The van der Waals surface area contributed by atoms with Gasteiger partial charge in [-0.25, -0.2) is 4.79 Å². The molecule has 0 aromatic heterocycles. The molecule has 2 atom stereocenters. The van der Waals surface area contributed by atoms with Crippen LogP contribution in [0, 0.1) is 0 Å². The second-order valence-corrected chi connectivity index (χ2v) is 7.25. The summed E-state index contributed by atoms with van der Waals surface area (Å²) in [5.74, 6) is -0.420. The van der Waals surface area contributed by atoms with Gasteiger partial charge in [0.15, 0.2) is 0 Å². The lowest BCUT2D eigenvalue weighted by Gasteiger charge is -2.32. The predicted octanol–water partition coefficient (Wildman–Crippen LogP) is 2.94. The zero-order valence-electron chi connectivity index (χ0n) is 16.3. The van der Waals surface area contributed by atoms with E-state index < -0.39 is 6.04 Å². The van der Waals surface area contributed by atoms with Crippen LogP contribution in [0.1, 0.15) is 30.4 Å². The molecular weight excluding hydrogens is 352 g/mol. The van der Waals surface area contributed by atoms with E-state index in [1.165, 1.54) is 0 Å². The van der Waals surface area contributed by atoms with Crippen molar-refractivity contribution in [3.05, 3.63) is 71.8 Å². The van der Waals surface area contributed by atoms with E-state index in [9.17, 15) is 9.59 Å². The Balaban J connectivity index is 1.71. The van der Waals surface area contributed by atoms with Crippen molar-refractivity contribution in [1.29, 1.82) is 0 Å². The van der Waals surface area contributed by atoms with Gasteiger partial charge in [0.05, 0.1) is 6.04 Å². The normalized spacial score (nSPS) is 17.5. The zero-order valence-corrected chi connectivity index (χ0v) is 16.3. The zero-order chi connectivity index (χ0) is 19.8. The summed E-state index contributed by atoms with van der Waals surface area (Å²) in [7, 11) is 1.70. The molecule has 0 aliphatic carbocycles. The van der Waals surface area contributed by atoms with Crippen molar-refractivity contribution in [2.24, 2.45) is 0 Å². The average Bonchev–Trinajstić information content (AvgIpc) is 2.77.